The van der Waals surface area contributed by atoms with Gasteiger partial charge in [0.05, 0.1) is 24.5 Å². The van der Waals surface area contributed by atoms with Crippen LogP contribution in [0, 0.1) is 5.82 Å². The molecule has 0 spiro atoms. The predicted octanol–water partition coefficient (Wildman–Crippen LogP) is 5.01. The average Bonchev–Trinajstić information content (AvgIpc) is 3.34. The summed E-state index contributed by atoms with van der Waals surface area (Å²) in [4.78, 5) is 37.0. The van der Waals surface area contributed by atoms with E-state index in [4.69, 9.17) is 4.74 Å². The summed E-state index contributed by atoms with van der Waals surface area (Å²) in [6, 6.07) is 19.2. The SMILES string of the molecule is CCOC(=O)c1ccc(NC(=O)CSc2nnc(CNC(=O)c3cccc(F)c3)n2-c2ccc(Br)cc2)cc1. The lowest BCUT2D eigenvalue weighted by Gasteiger charge is -2.11. The number of anilines is 1. The van der Waals surface area contributed by atoms with Crippen molar-refractivity contribution in [1.29, 1.82) is 0 Å². The van der Waals surface area contributed by atoms with Gasteiger partial charge >= 0.3 is 5.97 Å². The molecule has 2 N–H and O–H groups in total. The first-order valence-corrected chi connectivity index (χ1v) is 13.6. The van der Waals surface area contributed by atoms with Crippen molar-refractivity contribution >= 4 is 51.2 Å². The molecule has 39 heavy (non-hydrogen) atoms. The second kappa shape index (κ2) is 13.2. The fraction of sp³-hybridized carbons (Fsp3) is 0.148. The predicted molar refractivity (Wildman–Crippen MR) is 148 cm³/mol. The smallest absolute Gasteiger partial charge is 0.338 e. The van der Waals surface area contributed by atoms with Gasteiger partial charge in [-0.3, -0.25) is 14.2 Å². The van der Waals surface area contributed by atoms with Gasteiger partial charge in [0.25, 0.3) is 5.91 Å². The van der Waals surface area contributed by atoms with Crippen LogP contribution in [0.5, 0.6) is 0 Å². The molecule has 0 saturated carbocycles. The summed E-state index contributed by atoms with van der Waals surface area (Å²) < 4.78 is 21.1. The summed E-state index contributed by atoms with van der Waals surface area (Å²) in [5.41, 5.74) is 1.84. The van der Waals surface area contributed by atoms with Gasteiger partial charge in [-0.05, 0) is 73.7 Å². The number of nitrogens with one attached hydrogen (secondary N) is 2. The summed E-state index contributed by atoms with van der Waals surface area (Å²) in [6.45, 7) is 2.03. The van der Waals surface area contributed by atoms with Gasteiger partial charge in [0.1, 0.15) is 5.82 Å². The van der Waals surface area contributed by atoms with Crippen LogP contribution in [0.2, 0.25) is 0 Å². The highest BCUT2D eigenvalue weighted by Crippen LogP contribution is 2.24. The highest BCUT2D eigenvalue weighted by atomic mass is 79.9. The molecular weight excluding hydrogens is 589 g/mol. The summed E-state index contributed by atoms with van der Waals surface area (Å²) in [5.74, 6) is -1.21. The number of carbonyl (C=O) groups excluding carboxylic acids is 3. The van der Waals surface area contributed by atoms with Crippen LogP contribution >= 0.6 is 27.7 Å². The average molecular weight is 612 g/mol. The Morgan fingerprint density at radius 3 is 2.44 bits per heavy atom. The number of thioether (sulfide) groups is 1. The van der Waals surface area contributed by atoms with Crippen LogP contribution in [0.1, 0.15) is 33.5 Å². The fourth-order valence-electron chi connectivity index (χ4n) is 3.48. The lowest BCUT2D eigenvalue weighted by Crippen LogP contribution is -2.24. The van der Waals surface area contributed by atoms with Gasteiger partial charge in [0.15, 0.2) is 11.0 Å². The second-order valence-electron chi connectivity index (χ2n) is 8.04. The molecule has 0 aliphatic heterocycles. The van der Waals surface area contributed by atoms with Gasteiger partial charge in [0, 0.05) is 21.4 Å². The molecule has 4 rings (SSSR count). The Balaban J connectivity index is 1.45. The number of benzene rings is 3. The normalized spacial score (nSPS) is 10.6. The quantitative estimate of drug-likeness (QED) is 0.191. The molecule has 1 heterocycles. The molecule has 0 bridgehead atoms. The Hall–Kier alpha value is -4.03. The Labute approximate surface area is 236 Å². The van der Waals surface area contributed by atoms with Crippen LogP contribution in [0.15, 0.2) is 82.4 Å². The van der Waals surface area contributed by atoms with Crippen molar-refractivity contribution in [2.45, 2.75) is 18.6 Å². The first kappa shape index (κ1) is 28.0. The first-order chi connectivity index (χ1) is 18.8. The molecule has 3 aromatic carbocycles. The van der Waals surface area contributed by atoms with Crippen LogP contribution in [0.3, 0.4) is 0 Å². The highest BCUT2D eigenvalue weighted by molar-refractivity contribution is 9.10. The molecule has 0 radical (unpaired) electrons. The summed E-state index contributed by atoms with van der Waals surface area (Å²) in [6.07, 6.45) is 0. The Morgan fingerprint density at radius 1 is 1.00 bits per heavy atom. The number of amides is 2. The third-order valence-corrected chi connectivity index (χ3v) is 6.75. The van der Waals surface area contributed by atoms with Crippen LogP contribution in [-0.2, 0) is 16.1 Å². The minimum absolute atomic E-state index is 0.0258. The van der Waals surface area contributed by atoms with Crippen LogP contribution < -0.4 is 10.6 Å². The van der Waals surface area contributed by atoms with Crippen LogP contribution in [0.25, 0.3) is 5.69 Å². The maximum Gasteiger partial charge on any atom is 0.338 e. The van der Waals surface area contributed by atoms with Gasteiger partial charge in [-0.25, -0.2) is 9.18 Å². The van der Waals surface area contributed by atoms with Crippen molar-refractivity contribution < 1.29 is 23.5 Å². The Bertz CT molecular complexity index is 1480. The lowest BCUT2D eigenvalue weighted by molar-refractivity contribution is -0.113. The van der Waals surface area contributed by atoms with Crippen molar-refractivity contribution in [2.24, 2.45) is 0 Å². The minimum Gasteiger partial charge on any atom is -0.462 e. The van der Waals surface area contributed by atoms with E-state index < -0.39 is 17.7 Å². The van der Waals surface area contributed by atoms with E-state index in [9.17, 15) is 18.8 Å². The van der Waals surface area contributed by atoms with Gasteiger partial charge < -0.3 is 15.4 Å². The number of nitrogens with zero attached hydrogens (tertiary/aromatic N) is 3. The molecule has 12 heteroatoms. The van der Waals surface area contributed by atoms with E-state index in [0.717, 1.165) is 16.2 Å². The fourth-order valence-corrected chi connectivity index (χ4v) is 4.52. The van der Waals surface area contributed by atoms with Crippen molar-refractivity contribution in [1.82, 2.24) is 20.1 Å². The van der Waals surface area contributed by atoms with E-state index in [0.29, 0.717) is 22.2 Å². The maximum absolute atomic E-state index is 13.5. The van der Waals surface area contributed by atoms with Crippen molar-refractivity contribution in [3.8, 4) is 5.69 Å². The standard InChI is InChI=1S/C27H23BrFN5O4S/c1-2-38-26(37)17-6-10-21(11-7-17)31-24(35)16-39-27-33-32-23(34(27)22-12-8-19(28)9-13-22)15-30-25(36)18-4-3-5-20(29)14-18/h3-14H,2,15-16H2,1H3,(H,30,36)(H,31,35). The summed E-state index contributed by atoms with van der Waals surface area (Å²) in [5, 5.41) is 14.4. The van der Waals surface area contributed by atoms with Gasteiger partial charge in [-0.1, -0.05) is 33.8 Å². The molecule has 4 aromatic rings. The number of aromatic nitrogens is 3. The van der Waals surface area contributed by atoms with Crippen LogP contribution in [-0.4, -0.2) is 44.9 Å². The van der Waals surface area contributed by atoms with E-state index >= 15 is 0 Å². The monoisotopic (exact) mass is 611 g/mol. The lowest BCUT2D eigenvalue weighted by atomic mass is 10.2. The number of hydrogen-bond acceptors (Lipinski definition) is 7. The summed E-state index contributed by atoms with van der Waals surface area (Å²) in [7, 11) is 0. The van der Waals surface area contributed by atoms with Crippen LogP contribution in [0.4, 0.5) is 10.1 Å². The molecule has 0 saturated heterocycles. The third kappa shape index (κ3) is 7.52. The van der Waals surface area contributed by atoms with E-state index in [-0.39, 0.29) is 30.4 Å². The molecule has 0 fully saturated rings. The zero-order valence-electron chi connectivity index (χ0n) is 20.7. The van der Waals surface area contributed by atoms with Gasteiger partial charge in [0.2, 0.25) is 5.91 Å². The Kier molecular flexibility index (Phi) is 9.45. The third-order valence-electron chi connectivity index (χ3n) is 5.29. The van der Waals surface area contributed by atoms with E-state index in [2.05, 4.69) is 36.8 Å². The number of hydrogen-bond donors (Lipinski definition) is 2. The maximum atomic E-state index is 13.5. The molecule has 200 valence electrons. The van der Waals surface area contributed by atoms with Crippen molar-refractivity contribution in [2.75, 3.05) is 17.7 Å². The number of halogens is 2. The zero-order chi connectivity index (χ0) is 27.8. The van der Waals surface area contributed by atoms with E-state index in [1.165, 1.54) is 30.0 Å². The number of carbonyl (C=O) groups is 3. The topological polar surface area (TPSA) is 115 Å². The van der Waals surface area contributed by atoms with Gasteiger partial charge in [-0.15, -0.1) is 10.2 Å². The molecule has 1 aromatic heterocycles. The second-order valence-corrected chi connectivity index (χ2v) is 9.90. The Morgan fingerprint density at radius 2 is 1.74 bits per heavy atom. The highest BCUT2D eigenvalue weighted by Gasteiger charge is 2.17. The number of esters is 1. The molecule has 0 unspecified atom stereocenters. The molecular formula is C27H23BrFN5O4S. The first-order valence-electron chi connectivity index (χ1n) is 11.8. The molecule has 0 atom stereocenters. The summed E-state index contributed by atoms with van der Waals surface area (Å²) >= 11 is 4.59. The number of ether oxygens (including phenoxy) is 1. The molecule has 0 aliphatic rings. The minimum atomic E-state index is -0.507. The molecule has 0 aliphatic carbocycles. The zero-order valence-corrected chi connectivity index (χ0v) is 23.1. The van der Waals surface area contributed by atoms with Gasteiger partial charge in [-0.2, -0.15) is 0 Å². The molecule has 9 nitrogen and oxygen atoms in total. The molecule has 2 amide bonds. The number of rotatable bonds is 10. The largest absolute Gasteiger partial charge is 0.462 e. The van der Waals surface area contributed by atoms with E-state index in [1.54, 1.807) is 35.8 Å². The van der Waals surface area contributed by atoms with Crippen molar-refractivity contribution in [3.05, 3.63) is 100 Å². The van der Waals surface area contributed by atoms with Crippen molar-refractivity contribution in [3.63, 3.8) is 0 Å². The van der Waals surface area contributed by atoms with E-state index in [1.807, 2.05) is 24.3 Å².